The molecule has 0 aliphatic carbocycles. The highest BCUT2D eigenvalue weighted by Crippen LogP contribution is 2.36. The Balaban J connectivity index is 2.26. The van der Waals surface area contributed by atoms with Crippen LogP contribution in [-0.4, -0.2) is 9.49 Å². The predicted molar refractivity (Wildman–Crippen MR) is 103 cm³/mol. The summed E-state index contributed by atoms with van der Waals surface area (Å²) in [7, 11) is 1.73. The highest BCUT2D eigenvalue weighted by Gasteiger charge is 2.21. The Bertz CT molecular complexity index is 1360. The highest BCUT2D eigenvalue weighted by molar-refractivity contribution is 6.03. The van der Waals surface area contributed by atoms with Crippen LogP contribution in [0.2, 0.25) is 0 Å². The van der Waals surface area contributed by atoms with E-state index < -0.39 is 22.0 Å². The summed E-state index contributed by atoms with van der Waals surface area (Å²) in [5.41, 5.74) is 1.28. The Morgan fingerprint density at radius 2 is 1.61 bits per heavy atom. The fraction of sp³-hybridized carbons (Fsp3) is 0.0952. The van der Waals surface area contributed by atoms with E-state index in [9.17, 15) is 23.7 Å². The minimum Gasteiger partial charge on any atom is -0.343 e. The van der Waals surface area contributed by atoms with E-state index in [1.54, 1.807) is 30.7 Å². The van der Waals surface area contributed by atoms with E-state index in [1.165, 1.54) is 12.1 Å². The van der Waals surface area contributed by atoms with E-state index in [0.717, 1.165) is 29.8 Å². The molecular formula is C21H14F2N2O3. The van der Waals surface area contributed by atoms with Crippen LogP contribution >= 0.6 is 0 Å². The number of hydrogen-bond acceptors (Lipinski definition) is 3. The second-order valence-electron chi connectivity index (χ2n) is 6.67. The molecule has 1 aromatic heterocycles. The molecule has 4 rings (SSSR count). The van der Waals surface area contributed by atoms with E-state index in [2.05, 4.69) is 0 Å². The zero-order valence-electron chi connectivity index (χ0n) is 15.0. The molecule has 140 valence electrons. The van der Waals surface area contributed by atoms with Crippen molar-refractivity contribution in [2.45, 2.75) is 6.92 Å². The molecule has 0 amide bonds. The second kappa shape index (κ2) is 6.23. The number of halogens is 2. The molecule has 0 aliphatic heterocycles. The van der Waals surface area contributed by atoms with E-state index >= 15 is 0 Å². The smallest absolute Gasteiger partial charge is 0.277 e. The van der Waals surface area contributed by atoms with Crippen molar-refractivity contribution < 1.29 is 13.7 Å². The van der Waals surface area contributed by atoms with Gasteiger partial charge in [-0.2, -0.15) is 0 Å². The number of aromatic nitrogens is 1. The summed E-state index contributed by atoms with van der Waals surface area (Å²) in [5, 5.41) is 11.8. The topological polar surface area (TPSA) is 65.1 Å². The minimum atomic E-state index is -0.654. The normalized spacial score (nSPS) is 11.3. The van der Waals surface area contributed by atoms with E-state index in [-0.39, 0.29) is 27.6 Å². The largest absolute Gasteiger partial charge is 0.343 e. The molecule has 0 N–H and O–H groups in total. The predicted octanol–water partition coefficient (Wildman–Crippen LogP) is 4.85. The van der Waals surface area contributed by atoms with E-state index in [4.69, 9.17) is 0 Å². The van der Waals surface area contributed by atoms with Crippen LogP contribution < -0.4 is 5.43 Å². The first-order valence-corrected chi connectivity index (χ1v) is 8.45. The summed E-state index contributed by atoms with van der Waals surface area (Å²) in [6.07, 6.45) is 0. The molecule has 0 bridgehead atoms. The molecule has 28 heavy (non-hydrogen) atoms. The molecule has 0 aliphatic rings. The van der Waals surface area contributed by atoms with Gasteiger partial charge in [-0.05, 0) is 48.9 Å². The molecule has 5 nitrogen and oxygen atoms in total. The fourth-order valence-electron chi connectivity index (χ4n) is 3.61. The van der Waals surface area contributed by atoms with Gasteiger partial charge >= 0.3 is 0 Å². The number of nitro groups is 1. The van der Waals surface area contributed by atoms with Gasteiger partial charge in [0.1, 0.15) is 11.6 Å². The molecule has 7 heteroatoms. The third-order valence-electron chi connectivity index (χ3n) is 4.86. The number of rotatable bonds is 2. The summed E-state index contributed by atoms with van der Waals surface area (Å²) in [4.78, 5) is 24.1. The lowest BCUT2D eigenvalue weighted by Gasteiger charge is -2.15. The minimum absolute atomic E-state index is 0.00607. The van der Waals surface area contributed by atoms with Crippen molar-refractivity contribution in [3.05, 3.63) is 86.1 Å². The molecule has 0 saturated carbocycles. The number of nitrogens with zero attached hydrogens (tertiary/aromatic N) is 2. The SMILES string of the molecule is Cc1cc(-c2cc(F)ccc2[N+](=O)[O-])c2c(=O)c3cc(F)ccc3n(C)c2c1. The first-order valence-electron chi connectivity index (χ1n) is 8.45. The lowest BCUT2D eigenvalue weighted by atomic mass is 9.95. The van der Waals surface area contributed by atoms with Gasteiger partial charge in [0.25, 0.3) is 5.69 Å². The maximum Gasteiger partial charge on any atom is 0.277 e. The van der Waals surface area contributed by atoms with Crippen molar-refractivity contribution >= 4 is 27.5 Å². The van der Waals surface area contributed by atoms with Crippen LogP contribution in [0.1, 0.15) is 5.56 Å². The molecule has 0 saturated heterocycles. The van der Waals surface area contributed by atoms with Crippen LogP contribution in [0, 0.1) is 28.7 Å². The van der Waals surface area contributed by atoms with Crippen LogP contribution in [0.25, 0.3) is 32.9 Å². The third-order valence-corrected chi connectivity index (χ3v) is 4.86. The van der Waals surface area contributed by atoms with Gasteiger partial charge in [0.2, 0.25) is 0 Å². The highest BCUT2D eigenvalue weighted by atomic mass is 19.1. The summed E-state index contributed by atoms with van der Waals surface area (Å²) < 4.78 is 29.4. The number of aryl methyl sites for hydroxylation is 2. The second-order valence-corrected chi connectivity index (χ2v) is 6.67. The molecule has 0 unspecified atom stereocenters. The summed E-state index contributed by atoms with van der Waals surface area (Å²) >= 11 is 0. The monoisotopic (exact) mass is 380 g/mol. The number of fused-ring (bicyclic) bond motifs is 2. The van der Waals surface area contributed by atoms with Gasteiger partial charge in [-0.25, -0.2) is 8.78 Å². The first kappa shape index (κ1) is 17.8. The number of nitro benzene ring substituents is 1. The quantitative estimate of drug-likeness (QED) is 0.284. The lowest BCUT2D eigenvalue weighted by Crippen LogP contribution is -2.11. The lowest BCUT2D eigenvalue weighted by molar-refractivity contribution is -0.384. The Labute approximate surface area is 157 Å². The molecule has 0 fully saturated rings. The van der Waals surface area contributed by atoms with Crippen molar-refractivity contribution in [2.24, 2.45) is 7.05 Å². The zero-order chi connectivity index (χ0) is 20.2. The van der Waals surface area contributed by atoms with Crippen molar-refractivity contribution in [1.29, 1.82) is 0 Å². The standard InChI is InChI=1S/C21H14F2N2O3/c1-11-7-15(14-9-12(22)4-6-18(14)25(27)28)20-19(8-11)24(2)17-5-3-13(23)10-16(17)21(20)26/h3-10H,1-2H3. The van der Waals surface area contributed by atoms with Gasteiger partial charge < -0.3 is 4.57 Å². The molecule has 1 heterocycles. The van der Waals surface area contributed by atoms with Gasteiger partial charge in [-0.3, -0.25) is 14.9 Å². The van der Waals surface area contributed by atoms with Gasteiger partial charge in [0, 0.05) is 24.1 Å². The van der Waals surface area contributed by atoms with Crippen molar-refractivity contribution in [3.63, 3.8) is 0 Å². The Morgan fingerprint density at radius 1 is 0.929 bits per heavy atom. The van der Waals surface area contributed by atoms with Crippen molar-refractivity contribution in [3.8, 4) is 11.1 Å². The Morgan fingerprint density at radius 3 is 2.32 bits per heavy atom. The molecule has 0 spiro atoms. The van der Waals surface area contributed by atoms with Gasteiger partial charge in [-0.15, -0.1) is 0 Å². The van der Waals surface area contributed by atoms with Crippen LogP contribution in [0.5, 0.6) is 0 Å². The van der Waals surface area contributed by atoms with Crippen LogP contribution in [0.15, 0.2) is 53.3 Å². The molecule has 0 atom stereocenters. The van der Waals surface area contributed by atoms with Crippen molar-refractivity contribution in [1.82, 2.24) is 4.57 Å². The van der Waals surface area contributed by atoms with Crippen LogP contribution in [0.4, 0.5) is 14.5 Å². The molecule has 3 aromatic carbocycles. The zero-order valence-corrected chi connectivity index (χ0v) is 15.0. The molecule has 0 radical (unpaired) electrons. The van der Waals surface area contributed by atoms with Gasteiger partial charge in [0.05, 0.1) is 26.9 Å². The molecule has 4 aromatic rings. The summed E-state index contributed by atoms with van der Waals surface area (Å²) in [6.45, 7) is 1.79. The maximum atomic E-state index is 13.9. The fourth-order valence-corrected chi connectivity index (χ4v) is 3.61. The summed E-state index contributed by atoms with van der Waals surface area (Å²) in [6, 6.07) is 10.4. The first-order chi connectivity index (χ1) is 13.3. The third kappa shape index (κ3) is 2.63. The number of benzene rings is 3. The average Bonchev–Trinajstić information content (AvgIpc) is 2.65. The number of pyridine rings is 1. The van der Waals surface area contributed by atoms with Crippen molar-refractivity contribution in [2.75, 3.05) is 0 Å². The van der Waals surface area contributed by atoms with E-state index in [0.29, 0.717) is 11.0 Å². The summed E-state index contributed by atoms with van der Waals surface area (Å²) in [5.74, 6) is -1.21. The van der Waals surface area contributed by atoms with Crippen LogP contribution in [0.3, 0.4) is 0 Å². The van der Waals surface area contributed by atoms with Gasteiger partial charge in [0.15, 0.2) is 5.43 Å². The van der Waals surface area contributed by atoms with Crippen LogP contribution in [-0.2, 0) is 7.05 Å². The Kier molecular flexibility index (Phi) is 3.96. The molecular weight excluding hydrogens is 366 g/mol. The average molecular weight is 380 g/mol. The number of hydrogen-bond donors (Lipinski definition) is 0. The van der Waals surface area contributed by atoms with Gasteiger partial charge in [-0.1, -0.05) is 6.07 Å². The van der Waals surface area contributed by atoms with E-state index in [1.807, 2.05) is 0 Å². The maximum absolute atomic E-state index is 13.9. The Hall–Kier alpha value is -3.61.